The van der Waals surface area contributed by atoms with Crippen LogP contribution in [0.25, 0.3) is 0 Å². The van der Waals surface area contributed by atoms with Crippen LogP contribution in [0.4, 0.5) is 0 Å². The van der Waals surface area contributed by atoms with Crippen molar-refractivity contribution in [3.63, 3.8) is 0 Å². The number of nitrogens with zero attached hydrogens (tertiary/aromatic N) is 2. The van der Waals surface area contributed by atoms with Gasteiger partial charge in [-0.2, -0.15) is 0 Å². The zero-order valence-electron chi connectivity index (χ0n) is 17.8. The van der Waals surface area contributed by atoms with E-state index < -0.39 is 0 Å². The van der Waals surface area contributed by atoms with Gasteiger partial charge in [-0.15, -0.1) is 24.0 Å². The van der Waals surface area contributed by atoms with Gasteiger partial charge in [-0.05, 0) is 52.7 Å². The number of aryl methyl sites for hydroxylation is 3. The average molecular weight is 500 g/mol. The van der Waals surface area contributed by atoms with Gasteiger partial charge in [0.25, 0.3) is 0 Å². The Morgan fingerprint density at radius 1 is 1.21 bits per heavy atom. The van der Waals surface area contributed by atoms with Gasteiger partial charge in [0.05, 0.1) is 24.9 Å². The summed E-state index contributed by atoms with van der Waals surface area (Å²) in [6.45, 7) is 14.0. The first-order valence-corrected chi connectivity index (χ1v) is 9.64. The molecule has 6 nitrogen and oxygen atoms in total. The van der Waals surface area contributed by atoms with Gasteiger partial charge in [0.1, 0.15) is 11.5 Å². The van der Waals surface area contributed by atoms with E-state index in [1.807, 2.05) is 20.8 Å². The number of aromatic nitrogens is 1. The maximum absolute atomic E-state index is 6.08. The van der Waals surface area contributed by atoms with Gasteiger partial charge in [-0.3, -0.25) is 0 Å². The number of benzene rings is 1. The molecule has 0 radical (unpaired) electrons. The van der Waals surface area contributed by atoms with Crippen LogP contribution in [0.15, 0.2) is 27.6 Å². The summed E-state index contributed by atoms with van der Waals surface area (Å²) < 4.78 is 11.7. The van der Waals surface area contributed by atoms with Gasteiger partial charge < -0.3 is 19.8 Å². The number of oxazole rings is 1. The van der Waals surface area contributed by atoms with Gasteiger partial charge in [0.15, 0.2) is 5.96 Å². The third kappa shape index (κ3) is 7.33. The van der Waals surface area contributed by atoms with Gasteiger partial charge in [-0.25, -0.2) is 9.98 Å². The normalized spacial score (nSPS) is 12.3. The molecule has 7 heteroatoms. The Morgan fingerprint density at radius 2 is 1.96 bits per heavy atom. The Balaban J connectivity index is 0.00000392. The van der Waals surface area contributed by atoms with Crippen molar-refractivity contribution in [1.29, 1.82) is 0 Å². The number of nitrogens with one attached hydrogen (secondary N) is 2. The predicted octanol–water partition coefficient (Wildman–Crippen LogP) is 4.65. The summed E-state index contributed by atoms with van der Waals surface area (Å²) in [5.74, 6) is 3.14. The molecule has 2 N–H and O–H groups in total. The van der Waals surface area contributed by atoms with Gasteiger partial charge >= 0.3 is 0 Å². The van der Waals surface area contributed by atoms with Gasteiger partial charge in [0, 0.05) is 12.1 Å². The van der Waals surface area contributed by atoms with Crippen LogP contribution < -0.4 is 15.4 Å². The fraction of sp³-hybridized carbons (Fsp3) is 0.524. The highest BCUT2D eigenvalue weighted by Gasteiger charge is 2.09. The molecule has 0 amide bonds. The lowest BCUT2D eigenvalue weighted by Gasteiger charge is -2.16. The molecule has 28 heavy (non-hydrogen) atoms. The number of guanidine groups is 1. The van der Waals surface area contributed by atoms with Crippen molar-refractivity contribution >= 4 is 29.9 Å². The SMILES string of the molecule is CCNC(=NCc1ccc(C)cc1OC(C)CC)NCc1nc(C)c(C)o1.I. The van der Waals surface area contributed by atoms with E-state index in [-0.39, 0.29) is 30.1 Å². The van der Waals surface area contributed by atoms with Crippen LogP contribution in [-0.4, -0.2) is 23.6 Å². The fourth-order valence-electron chi connectivity index (χ4n) is 2.48. The van der Waals surface area contributed by atoms with Crippen LogP contribution >= 0.6 is 24.0 Å². The molecule has 0 saturated heterocycles. The van der Waals surface area contributed by atoms with Crippen molar-refractivity contribution < 1.29 is 9.15 Å². The maximum atomic E-state index is 6.08. The van der Waals surface area contributed by atoms with E-state index in [2.05, 4.69) is 54.6 Å². The topological polar surface area (TPSA) is 71.7 Å². The molecule has 156 valence electrons. The summed E-state index contributed by atoms with van der Waals surface area (Å²) in [4.78, 5) is 9.09. The molecular formula is C21H33IN4O2. The summed E-state index contributed by atoms with van der Waals surface area (Å²) in [6, 6.07) is 6.25. The quantitative estimate of drug-likeness (QED) is 0.314. The summed E-state index contributed by atoms with van der Waals surface area (Å²) in [5.41, 5.74) is 3.17. The summed E-state index contributed by atoms with van der Waals surface area (Å²) in [5, 5.41) is 6.53. The summed E-state index contributed by atoms with van der Waals surface area (Å²) in [7, 11) is 0. The molecule has 0 bridgehead atoms. The smallest absolute Gasteiger partial charge is 0.214 e. The first-order chi connectivity index (χ1) is 12.9. The maximum Gasteiger partial charge on any atom is 0.214 e. The summed E-state index contributed by atoms with van der Waals surface area (Å²) in [6.07, 6.45) is 1.15. The Bertz CT molecular complexity index is 754. The van der Waals surface area contributed by atoms with Crippen LogP contribution in [0, 0.1) is 20.8 Å². The van der Waals surface area contributed by atoms with Crippen LogP contribution in [0.5, 0.6) is 5.75 Å². The van der Waals surface area contributed by atoms with Crippen molar-refractivity contribution in [1.82, 2.24) is 15.6 Å². The van der Waals surface area contributed by atoms with E-state index in [1.165, 1.54) is 5.56 Å². The number of hydrogen-bond donors (Lipinski definition) is 2. The minimum Gasteiger partial charge on any atom is -0.490 e. The molecule has 2 aromatic rings. The molecule has 1 heterocycles. The second kappa shape index (κ2) is 11.9. The number of halogens is 1. The molecular weight excluding hydrogens is 467 g/mol. The molecule has 0 aliphatic rings. The average Bonchev–Trinajstić information content (AvgIpc) is 2.96. The number of aliphatic imine (C=N–C) groups is 1. The standard InChI is InChI=1S/C21H32N4O2.HI/c1-7-15(4)26-19-11-14(3)9-10-18(19)12-23-21(22-8-2)24-13-20-25-16(5)17(6)27-20;/h9-11,15H,7-8,12-13H2,1-6H3,(H2,22,23,24);1H. The number of hydrogen-bond acceptors (Lipinski definition) is 4. The molecule has 0 aliphatic heterocycles. The molecule has 1 aromatic carbocycles. The van der Waals surface area contributed by atoms with Crippen LogP contribution in [0.1, 0.15) is 55.7 Å². The second-order valence-electron chi connectivity index (χ2n) is 6.75. The van der Waals surface area contributed by atoms with Crippen LogP contribution in [0.3, 0.4) is 0 Å². The highest BCUT2D eigenvalue weighted by Crippen LogP contribution is 2.23. The third-order valence-electron chi connectivity index (χ3n) is 4.36. The Hall–Kier alpha value is -1.77. The first-order valence-electron chi connectivity index (χ1n) is 9.64. The summed E-state index contributed by atoms with van der Waals surface area (Å²) >= 11 is 0. The lowest BCUT2D eigenvalue weighted by Crippen LogP contribution is -2.36. The Morgan fingerprint density at radius 3 is 2.57 bits per heavy atom. The van der Waals surface area contributed by atoms with Crippen LogP contribution in [0.2, 0.25) is 0 Å². The molecule has 1 atom stereocenters. The van der Waals surface area contributed by atoms with Crippen molar-refractivity contribution in [2.45, 2.75) is 67.2 Å². The monoisotopic (exact) mass is 500 g/mol. The predicted molar refractivity (Wildman–Crippen MR) is 125 cm³/mol. The lowest BCUT2D eigenvalue weighted by atomic mass is 10.1. The van der Waals surface area contributed by atoms with E-state index in [4.69, 9.17) is 14.1 Å². The van der Waals surface area contributed by atoms with E-state index >= 15 is 0 Å². The number of ether oxygens (including phenoxy) is 1. The Kier molecular flexibility index (Phi) is 10.3. The molecule has 1 unspecified atom stereocenters. The minimum atomic E-state index is 0. The molecule has 0 spiro atoms. The highest BCUT2D eigenvalue weighted by molar-refractivity contribution is 14.0. The zero-order valence-corrected chi connectivity index (χ0v) is 20.1. The van der Waals surface area contributed by atoms with E-state index in [9.17, 15) is 0 Å². The van der Waals surface area contributed by atoms with Crippen molar-refractivity contribution in [3.05, 3.63) is 46.7 Å². The third-order valence-corrected chi connectivity index (χ3v) is 4.36. The fourth-order valence-corrected chi connectivity index (χ4v) is 2.48. The van der Waals surface area contributed by atoms with Crippen molar-refractivity contribution in [3.8, 4) is 5.75 Å². The van der Waals surface area contributed by atoms with E-state index in [1.54, 1.807) is 0 Å². The first kappa shape index (κ1) is 24.3. The molecule has 0 fully saturated rings. The largest absolute Gasteiger partial charge is 0.490 e. The van der Waals surface area contributed by atoms with Crippen molar-refractivity contribution in [2.75, 3.05) is 6.54 Å². The van der Waals surface area contributed by atoms with Gasteiger partial charge in [-0.1, -0.05) is 19.1 Å². The Labute approximate surface area is 185 Å². The lowest BCUT2D eigenvalue weighted by molar-refractivity contribution is 0.215. The van der Waals surface area contributed by atoms with Gasteiger partial charge in [0.2, 0.25) is 5.89 Å². The molecule has 1 aromatic heterocycles. The van der Waals surface area contributed by atoms with E-state index in [0.717, 1.165) is 41.7 Å². The van der Waals surface area contributed by atoms with E-state index in [0.29, 0.717) is 19.0 Å². The minimum absolute atomic E-state index is 0. The molecule has 0 saturated carbocycles. The molecule has 2 rings (SSSR count). The number of rotatable bonds is 8. The second-order valence-corrected chi connectivity index (χ2v) is 6.75. The van der Waals surface area contributed by atoms with Crippen molar-refractivity contribution in [2.24, 2.45) is 4.99 Å². The highest BCUT2D eigenvalue weighted by atomic mass is 127. The van der Waals surface area contributed by atoms with Crippen LogP contribution in [-0.2, 0) is 13.1 Å². The zero-order chi connectivity index (χ0) is 19.8. The molecule has 0 aliphatic carbocycles.